The summed E-state index contributed by atoms with van der Waals surface area (Å²) in [7, 11) is 1.27. The summed E-state index contributed by atoms with van der Waals surface area (Å²) >= 11 is 0. The molecular formula is C46H43N11O5. The summed E-state index contributed by atoms with van der Waals surface area (Å²) in [6.45, 7) is 3.78. The van der Waals surface area contributed by atoms with Crippen LogP contribution >= 0.6 is 0 Å². The number of hydrogen-bond donors (Lipinski definition) is 3. The van der Waals surface area contributed by atoms with E-state index < -0.39 is 5.97 Å². The van der Waals surface area contributed by atoms with Crippen LogP contribution in [0.3, 0.4) is 0 Å². The first-order valence-electron chi connectivity index (χ1n) is 19.9. The molecule has 8 aromatic rings. The van der Waals surface area contributed by atoms with Gasteiger partial charge in [0.25, 0.3) is 17.7 Å². The van der Waals surface area contributed by atoms with Crippen molar-refractivity contribution in [3.05, 3.63) is 168 Å². The van der Waals surface area contributed by atoms with Crippen molar-refractivity contribution in [2.45, 2.75) is 39.3 Å². The van der Waals surface area contributed by atoms with E-state index in [1.807, 2.05) is 60.7 Å². The Morgan fingerprint density at radius 2 is 1.06 bits per heavy atom. The average Bonchev–Trinajstić information content (AvgIpc) is 4.03. The van der Waals surface area contributed by atoms with Gasteiger partial charge in [0.1, 0.15) is 0 Å². The average molecular weight is 830 g/mol. The number of fused-ring (bicyclic) bond motifs is 2. The highest BCUT2D eigenvalue weighted by molar-refractivity contribution is 6.16. The number of pyridine rings is 2. The number of benzene rings is 4. The second kappa shape index (κ2) is 20.2. The van der Waals surface area contributed by atoms with Crippen LogP contribution in [0.2, 0.25) is 0 Å². The minimum Gasteiger partial charge on any atom is -0.464 e. The molecule has 0 aliphatic heterocycles. The number of rotatable bonds is 14. The van der Waals surface area contributed by atoms with Crippen LogP contribution in [-0.4, -0.2) is 77.3 Å². The van der Waals surface area contributed by atoms with Crippen LogP contribution in [0.25, 0.3) is 21.5 Å². The maximum Gasteiger partial charge on any atom is 0.358 e. The molecule has 16 nitrogen and oxygen atoms in total. The van der Waals surface area contributed by atoms with Gasteiger partial charge >= 0.3 is 5.97 Å². The minimum atomic E-state index is -0.617. The predicted molar refractivity (Wildman–Crippen MR) is 234 cm³/mol. The maximum atomic E-state index is 13.2. The van der Waals surface area contributed by atoms with E-state index in [0.717, 1.165) is 51.9 Å². The fourth-order valence-corrected chi connectivity index (χ4v) is 6.87. The minimum absolute atomic E-state index is 0.0513. The molecule has 8 rings (SSSR count). The fraction of sp³-hybridized carbons (Fsp3) is 0.174. The Kier molecular flexibility index (Phi) is 13.7. The van der Waals surface area contributed by atoms with Gasteiger partial charge in [-0.2, -0.15) is 0 Å². The summed E-state index contributed by atoms with van der Waals surface area (Å²) < 4.78 is 8.19. The van der Waals surface area contributed by atoms with Gasteiger partial charge in [0.2, 0.25) is 0 Å². The third kappa shape index (κ3) is 9.99. The van der Waals surface area contributed by atoms with Gasteiger partial charge in [-0.1, -0.05) is 90.9 Å². The molecule has 62 heavy (non-hydrogen) atoms. The number of aromatic nitrogens is 8. The van der Waals surface area contributed by atoms with Gasteiger partial charge in [-0.3, -0.25) is 14.4 Å². The van der Waals surface area contributed by atoms with Crippen molar-refractivity contribution in [3.63, 3.8) is 0 Å². The van der Waals surface area contributed by atoms with Crippen molar-refractivity contribution >= 4 is 56.6 Å². The number of anilines is 2. The number of carbonyl (C=O) groups is 4. The normalized spacial score (nSPS) is 10.7. The molecule has 4 aromatic heterocycles. The lowest BCUT2D eigenvalue weighted by Gasteiger charge is -2.13. The quantitative estimate of drug-likeness (QED) is 0.0756. The van der Waals surface area contributed by atoms with Gasteiger partial charge in [-0.15, -0.1) is 10.2 Å². The van der Waals surface area contributed by atoms with Gasteiger partial charge in [0.15, 0.2) is 11.4 Å². The number of methoxy groups -OCH3 is 1. The molecule has 0 radical (unpaired) electrons. The van der Waals surface area contributed by atoms with Crippen LogP contribution in [0.15, 0.2) is 134 Å². The Bertz CT molecular complexity index is 2830. The standard InChI is InChI=1S/C25H26N6O2.C21H17N5O3/c1-2-3-6-13-27-25(33)23-22(10-7-14-26-23)29-24(32)21-12-11-18(17-31-16-15-28-30-31)19-8-4-5-9-20(19)21;1-29-21(28)19-18(7-4-10-22-19)24-20(27)17-9-8-14(13-26-12-11-23-25-26)15-5-2-3-6-16(15)17/h4-5,7-12,14-16H,2-3,6,13,17H2,1H3,(H,27,33)(H,29,32);2-12H,13H2,1H3,(H,24,27). The monoisotopic (exact) mass is 829 g/mol. The van der Waals surface area contributed by atoms with Crippen LogP contribution in [0, 0.1) is 0 Å². The van der Waals surface area contributed by atoms with E-state index in [1.165, 1.54) is 13.3 Å². The fourth-order valence-electron chi connectivity index (χ4n) is 6.87. The lowest BCUT2D eigenvalue weighted by atomic mass is 9.99. The van der Waals surface area contributed by atoms with E-state index in [1.54, 1.807) is 76.7 Å². The molecule has 312 valence electrons. The molecule has 0 aliphatic rings. The van der Waals surface area contributed by atoms with E-state index in [-0.39, 0.29) is 29.1 Å². The molecule has 4 aromatic carbocycles. The summed E-state index contributed by atoms with van der Waals surface area (Å²) in [6, 6.07) is 29.4. The lowest BCUT2D eigenvalue weighted by Crippen LogP contribution is -2.27. The first kappa shape index (κ1) is 42.0. The molecular weight excluding hydrogens is 787 g/mol. The van der Waals surface area contributed by atoms with E-state index in [4.69, 9.17) is 4.74 Å². The molecule has 16 heteroatoms. The second-order valence-corrected chi connectivity index (χ2v) is 14.0. The zero-order chi connectivity index (χ0) is 43.3. The van der Waals surface area contributed by atoms with Gasteiger partial charge in [0.05, 0.1) is 44.0 Å². The maximum absolute atomic E-state index is 13.2. The summed E-state index contributed by atoms with van der Waals surface area (Å²) in [5.41, 5.74) is 3.98. The number of esters is 1. The molecule has 3 amide bonds. The molecule has 4 heterocycles. The van der Waals surface area contributed by atoms with E-state index >= 15 is 0 Å². The largest absolute Gasteiger partial charge is 0.464 e. The van der Waals surface area contributed by atoms with Crippen molar-refractivity contribution in [3.8, 4) is 0 Å². The number of nitrogens with zero attached hydrogens (tertiary/aromatic N) is 8. The van der Waals surface area contributed by atoms with Crippen molar-refractivity contribution in [1.82, 2.24) is 45.3 Å². The van der Waals surface area contributed by atoms with Gasteiger partial charge in [-0.05, 0) is 75.5 Å². The van der Waals surface area contributed by atoms with E-state index in [9.17, 15) is 19.2 Å². The molecule has 0 fully saturated rings. The topological polar surface area (TPSA) is 201 Å². The van der Waals surface area contributed by atoms with Crippen molar-refractivity contribution in [2.75, 3.05) is 24.3 Å². The van der Waals surface area contributed by atoms with Crippen LogP contribution in [-0.2, 0) is 17.8 Å². The molecule has 0 aliphatic carbocycles. The number of unbranched alkanes of at least 4 members (excludes halogenated alkanes) is 2. The van der Waals surface area contributed by atoms with Crippen LogP contribution in [0.5, 0.6) is 0 Å². The van der Waals surface area contributed by atoms with E-state index in [0.29, 0.717) is 42.1 Å². The van der Waals surface area contributed by atoms with Crippen molar-refractivity contribution in [2.24, 2.45) is 0 Å². The zero-order valence-electron chi connectivity index (χ0n) is 34.1. The Morgan fingerprint density at radius 1 is 0.565 bits per heavy atom. The predicted octanol–water partition coefficient (Wildman–Crippen LogP) is 6.96. The molecule has 0 atom stereocenters. The van der Waals surface area contributed by atoms with Gasteiger partial charge in [0, 0.05) is 42.5 Å². The highest BCUT2D eigenvalue weighted by atomic mass is 16.5. The number of amides is 3. The van der Waals surface area contributed by atoms with Crippen molar-refractivity contribution < 1.29 is 23.9 Å². The lowest BCUT2D eigenvalue weighted by molar-refractivity contribution is 0.0595. The van der Waals surface area contributed by atoms with Crippen LogP contribution in [0.4, 0.5) is 11.4 Å². The first-order chi connectivity index (χ1) is 30.3. The Hall–Kier alpha value is -8.14. The molecule has 3 N–H and O–H groups in total. The molecule has 0 saturated heterocycles. The van der Waals surface area contributed by atoms with Crippen LogP contribution < -0.4 is 16.0 Å². The summed E-state index contributed by atoms with van der Waals surface area (Å²) in [5, 5.41) is 27.8. The Labute approximate surface area is 356 Å². The van der Waals surface area contributed by atoms with Crippen LogP contribution in [0.1, 0.15) is 79.0 Å². The number of ether oxygens (including phenoxy) is 1. The number of nitrogens with one attached hydrogen (secondary N) is 3. The third-order valence-corrected chi connectivity index (χ3v) is 9.90. The SMILES string of the molecule is CCCCCNC(=O)c1ncccc1NC(=O)c1ccc(Cn2ccnn2)c2ccccc12.COC(=O)c1ncccc1NC(=O)c1ccc(Cn2ccnn2)c2ccccc12. The first-order valence-corrected chi connectivity index (χ1v) is 19.9. The summed E-state index contributed by atoms with van der Waals surface area (Å²) in [5.74, 6) is -1.55. The third-order valence-electron chi connectivity index (χ3n) is 9.90. The van der Waals surface area contributed by atoms with E-state index in [2.05, 4.69) is 53.5 Å². The van der Waals surface area contributed by atoms with Crippen molar-refractivity contribution in [1.29, 1.82) is 0 Å². The second-order valence-electron chi connectivity index (χ2n) is 14.0. The summed E-state index contributed by atoms with van der Waals surface area (Å²) in [6.07, 6.45) is 12.9. The molecule has 0 spiro atoms. The van der Waals surface area contributed by atoms with Gasteiger partial charge < -0.3 is 20.7 Å². The summed E-state index contributed by atoms with van der Waals surface area (Å²) in [4.78, 5) is 59.0. The molecule has 0 unspecified atom stereocenters. The highest BCUT2D eigenvalue weighted by Crippen LogP contribution is 2.27. The Morgan fingerprint density at radius 3 is 1.55 bits per heavy atom. The number of hydrogen-bond acceptors (Lipinski definition) is 11. The number of carbonyl (C=O) groups excluding carboxylic acids is 4. The molecule has 0 saturated carbocycles. The molecule has 0 bridgehead atoms. The smallest absolute Gasteiger partial charge is 0.358 e. The van der Waals surface area contributed by atoms with Gasteiger partial charge in [-0.25, -0.2) is 24.1 Å². The Balaban J connectivity index is 0.000000188. The zero-order valence-corrected chi connectivity index (χ0v) is 34.1. The highest BCUT2D eigenvalue weighted by Gasteiger charge is 2.20.